The third-order valence-corrected chi connectivity index (χ3v) is 5.82. The lowest BCUT2D eigenvalue weighted by Gasteiger charge is -2.20. The Balaban J connectivity index is 1.52. The number of anilines is 1. The highest BCUT2D eigenvalue weighted by Crippen LogP contribution is 2.27. The van der Waals surface area contributed by atoms with Gasteiger partial charge >= 0.3 is 0 Å². The standard InChI is InChI=1S/C18H23ClN4OS/c1-23-16(10-13-6-3-2-4-7-13)21-22-18(23)25-12-17(24)20-15-9-5-8-14(19)11-15/h5,8-9,11,13H,2-4,6-7,10,12H2,1H3,(H,20,24). The van der Waals surface area contributed by atoms with Crippen molar-refractivity contribution < 1.29 is 4.79 Å². The minimum Gasteiger partial charge on any atom is -0.325 e. The van der Waals surface area contributed by atoms with Gasteiger partial charge in [-0.3, -0.25) is 4.79 Å². The molecule has 0 atom stereocenters. The molecule has 1 aliphatic rings. The number of aromatic nitrogens is 3. The molecule has 1 heterocycles. The van der Waals surface area contributed by atoms with E-state index in [0.717, 1.165) is 23.3 Å². The van der Waals surface area contributed by atoms with E-state index in [2.05, 4.69) is 15.5 Å². The Morgan fingerprint density at radius 1 is 1.32 bits per heavy atom. The summed E-state index contributed by atoms with van der Waals surface area (Å²) < 4.78 is 2.02. The number of halogens is 1. The zero-order valence-corrected chi connectivity index (χ0v) is 15.9. The van der Waals surface area contributed by atoms with Crippen molar-refractivity contribution in [3.05, 3.63) is 35.1 Å². The number of rotatable bonds is 6. The van der Waals surface area contributed by atoms with Gasteiger partial charge in [0.15, 0.2) is 5.16 Å². The second-order valence-corrected chi connectivity index (χ2v) is 7.89. The van der Waals surface area contributed by atoms with Gasteiger partial charge in [0.05, 0.1) is 5.75 Å². The summed E-state index contributed by atoms with van der Waals surface area (Å²) in [4.78, 5) is 12.1. The fourth-order valence-electron chi connectivity index (χ4n) is 3.19. The first-order valence-electron chi connectivity index (χ1n) is 8.68. The molecule has 1 aromatic heterocycles. The number of hydrogen-bond acceptors (Lipinski definition) is 4. The third kappa shape index (κ3) is 5.22. The van der Waals surface area contributed by atoms with Gasteiger partial charge in [-0.1, -0.05) is 61.5 Å². The van der Waals surface area contributed by atoms with E-state index in [-0.39, 0.29) is 5.91 Å². The molecule has 25 heavy (non-hydrogen) atoms. The van der Waals surface area contributed by atoms with E-state index in [9.17, 15) is 4.79 Å². The second-order valence-electron chi connectivity index (χ2n) is 6.51. The summed E-state index contributed by atoms with van der Waals surface area (Å²) in [7, 11) is 1.98. The van der Waals surface area contributed by atoms with Crippen molar-refractivity contribution >= 4 is 35.0 Å². The van der Waals surface area contributed by atoms with Gasteiger partial charge in [0.2, 0.25) is 5.91 Å². The third-order valence-electron chi connectivity index (χ3n) is 4.56. The van der Waals surface area contributed by atoms with Crippen molar-refractivity contribution in [1.29, 1.82) is 0 Å². The number of nitrogens with one attached hydrogen (secondary N) is 1. The number of benzene rings is 1. The number of carbonyl (C=O) groups excluding carboxylic acids is 1. The van der Waals surface area contributed by atoms with Crippen LogP contribution < -0.4 is 5.32 Å². The van der Waals surface area contributed by atoms with Crippen LogP contribution in [0, 0.1) is 5.92 Å². The smallest absolute Gasteiger partial charge is 0.234 e. The molecule has 7 heteroatoms. The van der Waals surface area contributed by atoms with Crippen LogP contribution >= 0.6 is 23.4 Å². The van der Waals surface area contributed by atoms with Crippen molar-refractivity contribution in [3.8, 4) is 0 Å². The van der Waals surface area contributed by atoms with Crippen LogP contribution in [0.15, 0.2) is 29.4 Å². The average molecular weight is 379 g/mol. The SMILES string of the molecule is Cn1c(CC2CCCCC2)nnc1SCC(=O)Nc1cccc(Cl)c1. The van der Waals surface area contributed by atoms with Crippen LogP contribution in [0.1, 0.15) is 37.9 Å². The monoisotopic (exact) mass is 378 g/mol. The molecule has 0 saturated heterocycles. The molecule has 134 valence electrons. The average Bonchev–Trinajstić information content (AvgIpc) is 2.94. The zero-order valence-electron chi connectivity index (χ0n) is 14.4. The summed E-state index contributed by atoms with van der Waals surface area (Å²) in [6.45, 7) is 0. The molecule has 0 spiro atoms. The highest BCUT2D eigenvalue weighted by molar-refractivity contribution is 7.99. The Bertz CT molecular complexity index is 728. The number of hydrogen-bond donors (Lipinski definition) is 1. The number of amides is 1. The molecule has 1 saturated carbocycles. The molecule has 3 rings (SSSR count). The number of carbonyl (C=O) groups is 1. The van der Waals surface area contributed by atoms with E-state index in [1.807, 2.05) is 23.7 Å². The first-order chi connectivity index (χ1) is 12.1. The minimum absolute atomic E-state index is 0.0795. The highest BCUT2D eigenvalue weighted by Gasteiger charge is 2.18. The molecule has 5 nitrogen and oxygen atoms in total. The van der Waals surface area contributed by atoms with Gasteiger partial charge < -0.3 is 9.88 Å². The predicted molar refractivity (Wildman–Crippen MR) is 102 cm³/mol. The Hall–Kier alpha value is -1.53. The molecule has 1 aliphatic carbocycles. The molecule has 0 radical (unpaired) electrons. The molecule has 0 aliphatic heterocycles. The quantitative estimate of drug-likeness (QED) is 0.760. The maximum Gasteiger partial charge on any atom is 0.234 e. The van der Waals surface area contributed by atoms with E-state index in [0.29, 0.717) is 16.5 Å². The Labute approximate surface area is 157 Å². The van der Waals surface area contributed by atoms with Crippen LogP contribution in [0.2, 0.25) is 5.02 Å². The molecule has 1 N–H and O–H groups in total. The maximum atomic E-state index is 12.1. The largest absolute Gasteiger partial charge is 0.325 e. The summed E-state index contributed by atoms with van der Waals surface area (Å²) in [6.07, 6.45) is 7.58. The topological polar surface area (TPSA) is 59.8 Å². The Kier molecular flexibility index (Phi) is 6.37. The van der Waals surface area contributed by atoms with E-state index in [1.165, 1.54) is 43.9 Å². The van der Waals surface area contributed by atoms with Gasteiger partial charge in [0.25, 0.3) is 0 Å². The first kappa shape index (κ1) is 18.3. The van der Waals surface area contributed by atoms with Gasteiger partial charge in [0.1, 0.15) is 5.82 Å². The van der Waals surface area contributed by atoms with Crippen LogP contribution in [-0.2, 0) is 18.3 Å². The van der Waals surface area contributed by atoms with Gasteiger partial charge in [0, 0.05) is 24.2 Å². The molecule has 2 aromatic rings. The summed E-state index contributed by atoms with van der Waals surface area (Å²) in [5.74, 6) is 1.96. The molecule has 0 unspecified atom stereocenters. The van der Waals surface area contributed by atoms with Crippen LogP contribution in [0.4, 0.5) is 5.69 Å². The summed E-state index contributed by atoms with van der Waals surface area (Å²) >= 11 is 7.33. The summed E-state index contributed by atoms with van der Waals surface area (Å²) in [6, 6.07) is 7.14. The number of thioether (sulfide) groups is 1. The lowest BCUT2D eigenvalue weighted by Crippen LogP contribution is -2.15. The molecule has 1 amide bonds. The van der Waals surface area contributed by atoms with Crippen LogP contribution in [0.25, 0.3) is 0 Å². The van der Waals surface area contributed by atoms with Gasteiger partial charge in [-0.25, -0.2) is 0 Å². The van der Waals surface area contributed by atoms with E-state index >= 15 is 0 Å². The van der Waals surface area contributed by atoms with E-state index in [4.69, 9.17) is 11.6 Å². The lowest BCUT2D eigenvalue weighted by molar-refractivity contribution is -0.113. The minimum atomic E-state index is -0.0795. The molecule has 0 bridgehead atoms. The van der Waals surface area contributed by atoms with Crippen molar-refractivity contribution in [1.82, 2.24) is 14.8 Å². The molecule has 1 fully saturated rings. The lowest BCUT2D eigenvalue weighted by atomic mass is 9.87. The number of nitrogens with zero attached hydrogens (tertiary/aromatic N) is 3. The molecular weight excluding hydrogens is 356 g/mol. The van der Waals surface area contributed by atoms with Crippen LogP contribution in [-0.4, -0.2) is 26.4 Å². The predicted octanol–water partition coefficient (Wildman–Crippen LogP) is 4.32. The zero-order chi connectivity index (χ0) is 17.6. The fourth-order valence-corrected chi connectivity index (χ4v) is 4.11. The van der Waals surface area contributed by atoms with Gasteiger partial charge in [-0.15, -0.1) is 10.2 Å². The Morgan fingerprint density at radius 2 is 2.12 bits per heavy atom. The highest BCUT2D eigenvalue weighted by atomic mass is 35.5. The summed E-state index contributed by atoms with van der Waals surface area (Å²) in [5, 5.41) is 12.8. The fraction of sp³-hybridized carbons (Fsp3) is 0.500. The Morgan fingerprint density at radius 3 is 2.88 bits per heavy atom. The van der Waals surface area contributed by atoms with Crippen molar-refractivity contribution in [2.45, 2.75) is 43.7 Å². The maximum absolute atomic E-state index is 12.1. The first-order valence-corrected chi connectivity index (χ1v) is 10.0. The molecule has 1 aromatic carbocycles. The van der Waals surface area contributed by atoms with Gasteiger partial charge in [-0.05, 0) is 24.1 Å². The second kappa shape index (κ2) is 8.72. The van der Waals surface area contributed by atoms with E-state index in [1.54, 1.807) is 12.1 Å². The van der Waals surface area contributed by atoms with Crippen LogP contribution in [0.5, 0.6) is 0 Å². The van der Waals surface area contributed by atoms with Crippen molar-refractivity contribution in [2.75, 3.05) is 11.1 Å². The van der Waals surface area contributed by atoms with E-state index < -0.39 is 0 Å². The van der Waals surface area contributed by atoms with Crippen LogP contribution in [0.3, 0.4) is 0 Å². The normalized spacial score (nSPS) is 15.3. The molecular formula is C18H23ClN4OS. The van der Waals surface area contributed by atoms with Crippen molar-refractivity contribution in [3.63, 3.8) is 0 Å². The van der Waals surface area contributed by atoms with Gasteiger partial charge in [-0.2, -0.15) is 0 Å². The van der Waals surface area contributed by atoms with Crippen molar-refractivity contribution in [2.24, 2.45) is 13.0 Å². The summed E-state index contributed by atoms with van der Waals surface area (Å²) in [5.41, 5.74) is 0.703.